The van der Waals surface area contributed by atoms with E-state index in [-0.39, 0.29) is 11.0 Å². The second kappa shape index (κ2) is 9.21. The predicted octanol–water partition coefficient (Wildman–Crippen LogP) is 4.74. The molecular weight excluding hydrogens is 404 g/mol. The fraction of sp³-hybridized carbons (Fsp3) is 0.318. The summed E-state index contributed by atoms with van der Waals surface area (Å²) in [6.07, 6.45) is 0. The SMILES string of the molecule is COc1cc(-c2nnc(SC(C)C(=O)c3cc(C)ccc3C)o2)cc(OC)c1OC. The van der Waals surface area contributed by atoms with Crippen molar-refractivity contribution < 1.29 is 23.4 Å². The van der Waals surface area contributed by atoms with E-state index >= 15 is 0 Å². The second-order valence-electron chi connectivity index (χ2n) is 6.73. The molecule has 3 rings (SSSR count). The number of hydrogen-bond donors (Lipinski definition) is 0. The Morgan fingerprint density at radius 2 is 1.67 bits per heavy atom. The highest BCUT2D eigenvalue weighted by molar-refractivity contribution is 8.00. The Bertz CT molecular complexity index is 1040. The Hall–Kier alpha value is -3.00. The van der Waals surface area contributed by atoms with Gasteiger partial charge in [0.15, 0.2) is 17.3 Å². The monoisotopic (exact) mass is 428 g/mol. The molecule has 0 fully saturated rings. The summed E-state index contributed by atoms with van der Waals surface area (Å²) in [6.45, 7) is 5.73. The van der Waals surface area contributed by atoms with E-state index in [1.807, 2.05) is 39.0 Å². The van der Waals surface area contributed by atoms with Gasteiger partial charge in [0.25, 0.3) is 5.22 Å². The number of aryl methyl sites for hydroxylation is 2. The summed E-state index contributed by atoms with van der Waals surface area (Å²) in [4.78, 5) is 12.9. The molecule has 1 heterocycles. The normalized spacial score (nSPS) is 11.8. The summed E-state index contributed by atoms with van der Waals surface area (Å²) in [5.41, 5.74) is 3.32. The summed E-state index contributed by atoms with van der Waals surface area (Å²) in [5.74, 6) is 1.76. The third kappa shape index (κ3) is 4.43. The number of carbonyl (C=O) groups is 1. The number of thioether (sulfide) groups is 1. The van der Waals surface area contributed by atoms with E-state index in [1.54, 1.807) is 12.1 Å². The van der Waals surface area contributed by atoms with Gasteiger partial charge in [0.2, 0.25) is 11.6 Å². The minimum atomic E-state index is -0.376. The molecule has 0 N–H and O–H groups in total. The maximum absolute atomic E-state index is 12.9. The minimum absolute atomic E-state index is 0.0220. The fourth-order valence-corrected chi connectivity index (χ4v) is 3.76. The molecule has 30 heavy (non-hydrogen) atoms. The van der Waals surface area contributed by atoms with Crippen molar-refractivity contribution in [2.75, 3.05) is 21.3 Å². The van der Waals surface area contributed by atoms with Crippen molar-refractivity contribution in [3.05, 3.63) is 47.0 Å². The van der Waals surface area contributed by atoms with Crippen LogP contribution >= 0.6 is 11.8 Å². The molecule has 1 aromatic heterocycles. The zero-order chi connectivity index (χ0) is 21.8. The average Bonchev–Trinajstić information content (AvgIpc) is 3.22. The molecule has 0 saturated carbocycles. The van der Waals surface area contributed by atoms with Crippen molar-refractivity contribution in [1.29, 1.82) is 0 Å². The first kappa shape index (κ1) is 21.7. The molecule has 0 spiro atoms. The smallest absolute Gasteiger partial charge is 0.277 e. The number of aromatic nitrogens is 2. The van der Waals surface area contributed by atoms with Crippen molar-refractivity contribution in [2.45, 2.75) is 31.2 Å². The number of rotatable bonds is 8. The molecule has 0 aliphatic carbocycles. The van der Waals surface area contributed by atoms with Crippen molar-refractivity contribution in [3.8, 4) is 28.7 Å². The second-order valence-corrected chi connectivity index (χ2v) is 8.02. The quantitative estimate of drug-likeness (QED) is 0.376. The molecule has 2 aromatic carbocycles. The predicted molar refractivity (Wildman–Crippen MR) is 115 cm³/mol. The average molecular weight is 429 g/mol. The molecule has 1 unspecified atom stereocenters. The lowest BCUT2D eigenvalue weighted by molar-refractivity contribution is 0.0993. The lowest BCUT2D eigenvalue weighted by Crippen LogP contribution is -2.15. The van der Waals surface area contributed by atoms with E-state index in [1.165, 1.54) is 33.1 Å². The number of ether oxygens (including phenoxy) is 3. The molecule has 0 radical (unpaired) electrons. The maximum atomic E-state index is 12.9. The summed E-state index contributed by atoms with van der Waals surface area (Å²) in [5, 5.41) is 8.13. The van der Waals surface area contributed by atoms with E-state index in [0.717, 1.165) is 11.1 Å². The summed E-state index contributed by atoms with van der Waals surface area (Å²) in [7, 11) is 4.61. The first-order valence-electron chi connectivity index (χ1n) is 9.30. The van der Waals surface area contributed by atoms with Gasteiger partial charge in [-0.25, -0.2) is 0 Å². The van der Waals surface area contributed by atoms with Crippen LogP contribution in [0.15, 0.2) is 40.0 Å². The van der Waals surface area contributed by atoms with Gasteiger partial charge in [-0.2, -0.15) is 0 Å². The highest BCUT2D eigenvalue weighted by atomic mass is 32.2. The highest BCUT2D eigenvalue weighted by Gasteiger charge is 2.22. The van der Waals surface area contributed by atoms with Crippen LogP contribution in [-0.4, -0.2) is 42.6 Å². The summed E-state index contributed by atoms with van der Waals surface area (Å²) < 4.78 is 21.9. The Labute approximate surface area is 179 Å². The molecule has 8 heteroatoms. The zero-order valence-electron chi connectivity index (χ0n) is 17.8. The van der Waals surface area contributed by atoms with Crippen LogP contribution in [0, 0.1) is 13.8 Å². The topological polar surface area (TPSA) is 83.7 Å². The molecule has 7 nitrogen and oxygen atoms in total. The van der Waals surface area contributed by atoms with E-state index in [9.17, 15) is 4.79 Å². The standard InChI is InChI=1S/C22H24N2O5S/c1-12-7-8-13(2)16(9-12)19(25)14(3)30-22-24-23-21(29-22)15-10-17(26-4)20(28-6)18(11-15)27-5/h7-11,14H,1-6H3. The van der Waals surface area contributed by atoms with Gasteiger partial charge in [-0.15, -0.1) is 10.2 Å². The van der Waals surface area contributed by atoms with Crippen LogP contribution in [0.4, 0.5) is 0 Å². The molecule has 0 saturated heterocycles. The van der Waals surface area contributed by atoms with Gasteiger partial charge in [-0.1, -0.05) is 29.5 Å². The van der Waals surface area contributed by atoms with Crippen molar-refractivity contribution in [1.82, 2.24) is 10.2 Å². The Kier molecular flexibility index (Phi) is 6.66. The molecule has 0 aliphatic heterocycles. The molecule has 0 aliphatic rings. The van der Waals surface area contributed by atoms with Gasteiger partial charge < -0.3 is 18.6 Å². The lowest BCUT2D eigenvalue weighted by atomic mass is 10.0. The number of benzene rings is 2. The molecule has 3 aromatic rings. The van der Waals surface area contributed by atoms with Gasteiger partial charge in [0, 0.05) is 11.1 Å². The van der Waals surface area contributed by atoms with E-state index in [4.69, 9.17) is 18.6 Å². The lowest BCUT2D eigenvalue weighted by Gasteiger charge is -2.12. The third-order valence-corrected chi connectivity index (χ3v) is 5.56. The number of methoxy groups -OCH3 is 3. The van der Waals surface area contributed by atoms with Crippen LogP contribution in [-0.2, 0) is 0 Å². The Balaban J connectivity index is 1.83. The first-order chi connectivity index (χ1) is 14.4. The molecule has 0 bridgehead atoms. The van der Waals surface area contributed by atoms with Crippen LogP contribution in [0.25, 0.3) is 11.5 Å². The van der Waals surface area contributed by atoms with Crippen LogP contribution in [0.5, 0.6) is 17.2 Å². The maximum Gasteiger partial charge on any atom is 0.277 e. The van der Waals surface area contributed by atoms with Gasteiger partial charge >= 0.3 is 0 Å². The summed E-state index contributed by atoms with van der Waals surface area (Å²) >= 11 is 1.23. The minimum Gasteiger partial charge on any atom is -0.493 e. The molecule has 1 atom stereocenters. The molecule has 158 valence electrons. The number of ketones is 1. The zero-order valence-corrected chi connectivity index (χ0v) is 18.6. The van der Waals surface area contributed by atoms with Crippen molar-refractivity contribution in [2.24, 2.45) is 0 Å². The van der Waals surface area contributed by atoms with Crippen molar-refractivity contribution >= 4 is 17.5 Å². The molecule has 0 amide bonds. The van der Waals surface area contributed by atoms with Crippen LogP contribution in [0.2, 0.25) is 0 Å². The van der Waals surface area contributed by atoms with E-state index in [2.05, 4.69) is 10.2 Å². The van der Waals surface area contributed by atoms with Crippen molar-refractivity contribution in [3.63, 3.8) is 0 Å². The Morgan fingerprint density at radius 3 is 2.27 bits per heavy atom. The number of hydrogen-bond acceptors (Lipinski definition) is 8. The number of carbonyl (C=O) groups excluding carboxylic acids is 1. The third-order valence-electron chi connectivity index (χ3n) is 4.62. The first-order valence-corrected chi connectivity index (χ1v) is 10.2. The Morgan fingerprint density at radius 1 is 1.00 bits per heavy atom. The van der Waals surface area contributed by atoms with Gasteiger partial charge in [-0.3, -0.25) is 4.79 Å². The van der Waals surface area contributed by atoms with Crippen LogP contribution < -0.4 is 14.2 Å². The highest BCUT2D eigenvalue weighted by Crippen LogP contribution is 2.41. The largest absolute Gasteiger partial charge is 0.493 e. The van der Waals surface area contributed by atoms with E-state index < -0.39 is 0 Å². The van der Waals surface area contributed by atoms with Gasteiger partial charge in [-0.05, 0) is 44.5 Å². The summed E-state index contributed by atoms with van der Waals surface area (Å²) in [6, 6.07) is 9.31. The van der Waals surface area contributed by atoms with Crippen LogP contribution in [0.3, 0.4) is 0 Å². The van der Waals surface area contributed by atoms with Crippen LogP contribution in [0.1, 0.15) is 28.4 Å². The molecular formula is C22H24N2O5S. The van der Waals surface area contributed by atoms with E-state index in [0.29, 0.717) is 39.5 Å². The van der Waals surface area contributed by atoms with Gasteiger partial charge in [0.1, 0.15) is 0 Å². The fourth-order valence-electron chi connectivity index (χ4n) is 3.00. The van der Waals surface area contributed by atoms with Gasteiger partial charge in [0.05, 0.1) is 26.6 Å². The number of nitrogens with zero attached hydrogens (tertiary/aromatic N) is 2. The number of Topliss-reactive ketones (excluding diaryl/α,β-unsaturated/α-hetero) is 1.